The van der Waals surface area contributed by atoms with Gasteiger partial charge in [0.15, 0.2) is 5.96 Å². The van der Waals surface area contributed by atoms with Gasteiger partial charge in [-0.2, -0.15) is 11.8 Å². The molecule has 0 saturated carbocycles. The summed E-state index contributed by atoms with van der Waals surface area (Å²) in [7, 11) is 3.55. The molecule has 2 fully saturated rings. The summed E-state index contributed by atoms with van der Waals surface area (Å²) < 4.78 is 5.41. The lowest BCUT2D eigenvalue weighted by atomic mass is 10.1. The first-order chi connectivity index (χ1) is 13.0. The van der Waals surface area contributed by atoms with Crippen molar-refractivity contribution in [1.82, 2.24) is 20.0 Å². The van der Waals surface area contributed by atoms with Crippen LogP contribution in [0.5, 0.6) is 0 Å². The second-order valence-electron chi connectivity index (χ2n) is 7.76. The number of nitrogens with zero attached hydrogens (tertiary/aromatic N) is 4. The number of morpholine rings is 1. The number of nitrogens with one attached hydrogen (secondary N) is 1. The molecule has 0 spiro atoms. The second-order valence-corrected chi connectivity index (χ2v) is 9.11. The van der Waals surface area contributed by atoms with E-state index in [9.17, 15) is 4.79 Å². The van der Waals surface area contributed by atoms with Crippen molar-refractivity contribution in [3.05, 3.63) is 0 Å². The Kier molecular flexibility index (Phi) is 12.8. The van der Waals surface area contributed by atoms with Gasteiger partial charge < -0.3 is 19.9 Å². The van der Waals surface area contributed by atoms with E-state index in [0.717, 1.165) is 70.6 Å². The first kappa shape index (κ1) is 25.8. The summed E-state index contributed by atoms with van der Waals surface area (Å²) in [5, 5.41) is 4.14. The van der Waals surface area contributed by atoms with Crippen LogP contribution < -0.4 is 5.32 Å². The van der Waals surface area contributed by atoms with Gasteiger partial charge >= 0.3 is 0 Å². The molecule has 1 N–H and O–H groups in total. The van der Waals surface area contributed by atoms with E-state index in [0.29, 0.717) is 11.2 Å². The molecule has 2 aliphatic rings. The van der Waals surface area contributed by atoms with Crippen molar-refractivity contribution >= 4 is 47.6 Å². The number of likely N-dealkylation sites (N-methyl/N-ethyl adjacent to an activating group) is 1. The minimum Gasteiger partial charge on any atom is -0.379 e. The fraction of sp³-hybridized carbons (Fsp3) is 0.895. The molecule has 9 heteroatoms. The van der Waals surface area contributed by atoms with E-state index in [-0.39, 0.29) is 36.4 Å². The van der Waals surface area contributed by atoms with Crippen molar-refractivity contribution in [2.75, 3.05) is 78.9 Å². The van der Waals surface area contributed by atoms with Gasteiger partial charge in [-0.15, -0.1) is 24.0 Å². The molecular formula is C19H38IN5O2S. The van der Waals surface area contributed by atoms with E-state index in [2.05, 4.69) is 45.7 Å². The maximum atomic E-state index is 12.0. The number of ether oxygens (including phenoxy) is 1. The molecule has 0 aromatic heterocycles. The van der Waals surface area contributed by atoms with Crippen molar-refractivity contribution in [2.24, 2.45) is 10.9 Å². The third kappa shape index (κ3) is 9.04. The fourth-order valence-corrected chi connectivity index (χ4v) is 4.45. The zero-order valence-electron chi connectivity index (χ0n) is 17.9. The largest absolute Gasteiger partial charge is 0.379 e. The molecule has 1 atom stereocenters. The summed E-state index contributed by atoms with van der Waals surface area (Å²) >= 11 is 2.05. The molecule has 2 saturated heterocycles. The van der Waals surface area contributed by atoms with E-state index in [1.54, 1.807) is 19.0 Å². The lowest BCUT2D eigenvalue weighted by molar-refractivity contribution is -0.127. The zero-order valence-corrected chi connectivity index (χ0v) is 21.0. The van der Waals surface area contributed by atoms with E-state index >= 15 is 0 Å². The molecule has 2 aliphatic heterocycles. The summed E-state index contributed by atoms with van der Waals surface area (Å²) in [6.07, 6.45) is 1.07. The Bertz CT molecular complexity index is 487. The number of guanidine groups is 1. The number of carbonyl (C=O) groups excluding carboxylic acids is 1. The Morgan fingerprint density at radius 2 is 2.00 bits per heavy atom. The molecule has 0 radical (unpaired) electrons. The van der Waals surface area contributed by atoms with E-state index in [1.165, 1.54) is 0 Å². The quantitative estimate of drug-likeness (QED) is 0.234. The number of halogens is 1. The summed E-state index contributed by atoms with van der Waals surface area (Å²) in [5.41, 5.74) is 0. The monoisotopic (exact) mass is 527 g/mol. The molecule has 164 valence electrons. The first-order valence-corrected chi connectivity index (χ1v) is 11.2. The Morgan fingerprint density at radius 3 is 2.64 bits per heavy atom. The van der Waals surface area contributed by atoms with Gasteiger partial charge in [-0.1, -0.05) is 13.8 Å². The summed E-state index contributed by atoms with van der Waals surface area (Å²) in [5.74, 6) is 2.68. The predicted molar refractivity (Wildman–Crippen MR) is 129 cm³/mol. The Balaban J connectivity index is 0.00000392. The third-order valence-corrected chi connectivity index (χ3v) is 6.58. The minimum absolute atomic E-state index is 0. The van der Waals surface area contributed by atoms with Gasteiger partial charge in [0.2, 0.25) is 5.91 Å². The highest BCUT2D eigenvalue weighted by molar-refractivity contribution is 14.0. The minimum atomic E-state index is 0. The first-order valence-electron chi connectivity index (χ1n) is 10.1. The normalized spacial score (nSPS) is 21.4. The van der Waals surface area contributed by atoms with E-state index < -0.39 is 0 Å². The van der Waals surface area contributed by atoms with Crippen molar-refractivity contribution in [3.8, 4) is 0 Å². The second kappa shape index (κ2) is 13.9. The molecule has 0 bridgehead atoms. The standard InChI is InChI=1S/C19H37N5O2S.HI/c1-16(2)17-15-24(10-13-27-17)19(21-14-18(25)22(3)4)20-6-5-7-23-8-11-26-12-9-23;/h16-17H,5-15H2,1-4H3,(H,20,21);1H. The predicted octanol–water partition coefficient (Wildman–Crippen LogP) is 1.43. The van der Waals surface area contributed by atoms with Crippen LogP contribution in [0.15, 0.2) is 4.99 Å². The van der Waals surface area contributed by atoms with Crippen molar-refractivity contribution in [3.63, 3.8) is 0 Å². The number of hydrogen-bond donors (Lipinski definition) is 1. The highest BCUT2D eigenvalue weighted by Crippen LogP contribution is 2.24. The number of thioether (sulfide) groups is 1. The Hall–Kier alpha value is -0.260. The molecule has 1 amide bonds. The van der Waals surface area contributed by atoms with Crippen LogP contribution in [-0.4, -0.2) is 111 Å². The zero-order chi connectivity index (χ0) is 19.6. The smallest absolute Gasteiger partial charge is 0.243 e. The van der Waals surface area contributed by atoms with Gasteiger partial charge in [0.05, 0.1) is 13.2 Å². The number of hydrogen-bond acceptors (Lipinski definition) is 5. The third-order valence-electron chi connectivity index (χ3n) is 5.04. The SMILES string of the molecule is CC(C)C1CN(C(=NCC(=O)N(C)C)NCCCN2CCOCC2)CCS1.I. The maximum Gasteiger partial charge on any atom is 0.243 e. The Labute approximate surface area is 192 Å². The lowest BCUT2D eigenvalue weighted by Gasteiger charge is -2.36. The van der Waals surface area contributed by atoms with Gasteiger partial charge in [-0.25, -0.2) is 4.99 Å². The van der Waals surface area contributed by atoms with Crippen LogP contribution in [0, 0.1) is 5.92 Å². The molecular weight excluding hydrogens is 489 g/mol. The lowest BCUT2D eigenvalue weighted by Crippen LogP contribution is -2.50. The molecule has 1 unspecified atom stereocenters. The topological polar surface area (TPSA) is 60.4 Å². The number of carbonyl (C=O) groups is 1. The van der Waals surface area contributed by atoms with Crippen LogP contribution in [-0.2, 0) is 9.53 Å². The Morgan fingerprint density at radius 1 is 1.29 bits per heavy atom. The van der Waals surface area contributed by atoms with Crippen LogP contribution in [0.25, 0.3) is 0 Å². The van der Waals surface area contributed by atoms with Crippen LogP contribution in [0.2, 0.25) is 0 Å². The van der Waals surface area contributed by atoms with Crippen LogP contribution in [0.1, 0.15) is 20.3 Å². The molecule has 2 heterocycles. The highest BCUT2D eigenvalue weighted by Gasteiger charge is 2.25. The summed E-state index contributed by atoms with van der Waals surface area (Å²) in [6, 6.07) is 0. The average Bonchev–Trinajstić information content (AvgIpc) is 2.68. The summed E-state index contributed by atoms with van der Waals surface area (Å²) in [6.45, 7) is 12.4. The molecule has 2 rings (SSSR count). The van der Waals surface area contributed by atoms with E-state index in [1.807, 2.05) is 0 Å². The van der Waals surface area contributed by atoms with Crippen molar-refractivity contribution in [1.29, 1.82) is 0 Å². The maximum absolute atomic E-state index is 12.0. The van der Waals surface area contributed by atoms with Crippen molar-refractivity contribution < 1.29 is 9.53 Å². The van der Waals surface area contributed by atoms with Gasteiger partial charge in [-0.3, -0.25) is 9.69 Å². The van der Waals surface area contributed by atoms with Crippen LogP contribution >= 0.6 is 35.7 Å². The van der Waals surface area contributed by atoms with E-state index in [4.69, 9.17) is 4.74 Å². The molecule has 0 aliphatic carbocycles. The molecule has 7 nitrogen and oxygen atoms in total. The fourth-order valence-electron chi connectivity index (χ4n) is 3.15. The number of amides is 1. The van der Waals surface area contributed by atoms with Crippen LogP contribution in [0.3, 0.4) is 0 Å². The molecule has 0 aromatic carbocycles. The molecule has 28 heavy (non-hydrogen) atoms. The average molecular weight is 528 g/mol. The summed E-state index contributed by atoms with van der Waals surface area (Å²) in [4.78, 5) is 23.0. The van der Waals surface area contributed by atoms with Gasteiger partial charge in [0, 0.05) is 57.8 Å². The van der Waals surface area contributed by atoms with Gasteiger partial charge in [-0.05, 0) is 18.9 Å². The van der Waals surface area contributed by atoms with Crippen molar-refractivity contribution in [2.45, 2.75) is 25.5 Å². The highest BCUT2D eigenvalue weighted by atomic mass is 127. The van der Waals surface area contributed by atoms with Crippen LogP contribution in [0.4, 0.5) is 0 Å². The number of aliphatic imine (C=N–C) groups is 1. The molecule has 0 aromatic rings. The van der Waals surface area contributed by atoms with Gasteiger partial charge in [0.1, 0.15) is 6.54 Å². The van der Waals surface area contributed by atoms with Gasteiger partial charge in [0.25, 0.3) is 0 Å². The number of rotatable bonds is 7.